The van der Waals surface area contributed by atoms with Crippen LogP contribution in [-0.4, -0.2) is 0 Å². The fourth-order valence-electron chi connectivity index (χ4n) is 1.83. The van der Waals surface area contributed by atoms with E-state index in [4.69, 9.17) is 4.74 Å². The third kappa shape index (κ3) is 2.19. The second-order valence-electron chi connectivity index (χ2n) is 4.09. The van der Waals surface area contributed by atoms with Gasteiger partial charge in [-0.05, 0) is 30.3 Å². The van der Waals surface area contributed by atoms with Crippen molar-refractivity contribution in [1.29, 1.82) is 0 Å². The SMILES string of the molecule is FC(F)(F)c1ccc2c(c1)N=c1ccccc1=CO2. The van der Waals surface area contributed by atoms with Gasteiger partial charge in [-0.2, -0.15) is 13.2 Å². The number of hydrogen-bond acceptors (Lipinski definition) is 2. The number of benzene rings is 2. The summed E-state index contributed by atoms with van der Waals surface area (Å²) in [4.78, 5) is 4.22. The van der Waals surface area contributed by atoms with Crippen molar-refractivity contribution in [3.05, 3.63) is 58.6 Å². The Balaban J connectivity index is 2.22. The predicted octanol–water partition coefficient (Wildman–Crippen LogP) is 2.79. The van der Waals surface area contributed by atoms with E-state index in [2.05, 4.69) is 4.99 Å². The van der Waals surface area contributed by atoms with Gasteiger partial charge in [0.25, 0.3) is 0 Å². The van der Waals surface area contributed by atoms with Crippen molar-refractivity contribution in [1.82, 2.24) is 0 Å². The molecule has 19 heavy (non-hydrogen) atoms. The van der Waals surface area contributed by atoms with E-state index < -0.39 is 11.7 Å². The van der Waals surface area contributed by atoms with Crippen LogP contribution in [0.4, 0.5) is 18.9 Å². The normalized spacial score (nSPS) is 13.2. The maximum absolute atomic E-state index is 12.7. The Bertz CT molecular complexity index is 750. The zero-order valence-corrected chi connectivity index (χ0v) is 9.61. The molecule has 96 valence electrons. The van der Waals surface area contributed by atoms with Crippen molar-refractivity contribution in [2.75, 3.05) is 0 Å². The van der Waals surface area contributed by atoms with Gasteiger partial charge in [-0.1, -0.05) is 12.1 Å². The molecule has 0 fully saturated rings. The van der Waals surface area contributed by atoms with Crippen molar-refractivity contribution in [2.24, 2.45) is 4.99 Å². The van der Waals surface area contributed by atoms with Crippen LogP contribution in [0.3, 0.4) is 0 Å². The number of fused-ring (bicyclic) bond motifs is 2. The van der Waals surface area contributed by atoms with Gasteiger partial charge in [0, 0.05) is 5.22 Å². The lowest BCUT2D eigenvalue weighted by Crippen LogP contribution is -2.23. The van der Waals surface area contributed by atoms with E-state index in [0.717, 1.165) is 17.4 Å². The third-order valence-corrected chi connectivity index (χ3v) is 2.78. The van der Waals surface area contributed by atoms with Crippen molar-refractivity contribution in [3.63, 3.8) is 0 Å². The molecule has 0 unspecified atom stereocenters. The Hall–Kier alpha value is -2.30. The Labute approximate surface area is 106 Å². The highest BCUT2D eigenvalue weighted by Crippen LogP contribution is 2.36. The summed E-state index contributed by atoms with van der Waals surface area (Å²) < 4.78 is 43.4. The lowest BCUT2D eigenvalue weighted by atomic mass is 10.2. The molecule has 0 saturated carbocycles. The molecular formula is C14H8F3NO. The van der Waals surface area contributed by atoms with Crippen LogP contribution in [0.5, 0.6) is 5.75 Å². The molecule has 3 rings (SSSR count). The van der Waals surface area contributed by atoms with Crippen LogP contribution in [0, 0.1) is 0 Å². The van der Waals surface area contributed by atoms with Crippen LogP contribution in [0.15, 0.2) is 47.5 Å². The van der Waals surface area contributed by atoms with E-state index in [1.54, 1.807) is 18.2 Å². The van der Waals surface area contributed by atoms with Gasteiger partial charge >= 0.3 is 6.18 Å². The Kier molecular flexibility index (Phi) is 2.55. The molecule has 0 amide bonds. The summed E-state index contributed by atoms with van der Waals surface area (Å²) in [5.41, 5.74) is -0.561. The monoisotopic (exact) mass is 263 g/mol. The largest absolute Gasteiger partial charge is 0.462 e. The highest BCUT2D eigenvalue weighted by molar-refractivity contribution is 5.56. The second-order valence-corrected chi connectivity index (χ2v) is 4.09. The highest BCUT2D eigenvalue weighted by atomic mass is 19.4. The molecule has 0 spiro atoms. The Morgan fingerprint density at radius 3 is 2.58 bits per heavy atom. The number of rotatable bonds is 0. The number of alkyl halides is 3. The number of para-hydroxylation sites is 1. The molecule has 2 aromatic carbocycles. The van der Waals surface area contributed by atoms with Crippen molar-refractivity contribution >= 4 is 11.9 Å². The molecule has 2 aromatic rings. The molecule has 2 nitrogen and oxygen atoms in total. The summed E-state index contributed by atoms with van der Waals surface area (Å²) in [6, 6.07) is 10.4. The van der Waals surface area contributed by atoms with Crippen LogP contribution in [0.1, 0.15) is 5.56 Å². The van der Waals surface area contributed by atoms with E-state index in [1.165, 1.54) is 12.3 Å². The van der Waals surface area contributed by atoms with Gasteiger partial charge in [0.15, 0.2) is 5.75 Å². The Morgan fingerprint density at radius 2 is 1.79 bits per heavy atom. The number of nitrogens with zero attached hydrogens (tertiary/aromatic N) is 1. The molecular weight excluding hydrogens is 255 g/mol. The van der Waals surface area contributed by atoms with Crippen LogP contribution in [0.25, 0.3) is 6.26 Å². The molecule has 0 saturated heterocycles. The lowest BCUT2D eigenvalue weighted by Gasteiger charge is -2.09. The van der Waals surface area contributed by atoms with Crippen LogP contribution in [0.2, 0.25) is 0 Å². The van der Waals surface area contributed by atoms with Gasteiger partial charge in [-0.15, -0.1) is 0 Å². The van der Waals surface area contributed by atoms with Crippen molar-refractivity contribution in [2.45, 2.75) is 6.18 Å². The second kappa shape index (κ2) is 4.12. The molecule has 1 heterocycles. The number of halogens is 3. The number of ether oxygens (including phenoxy) is 1. The fourth-order valence-corrected chi connectivity index (χ4v) is 1.83. The molecule has 0 N–H and O–H groups in total. The average molecular weight is 263 g/mol. The zero-order chi connectivity index (χ0) is 13.5. The van der Waals surface area contributed by atoms with E-state index >= 15 is 0 Å². The van der Waals surface area contributed by atoms with Crippen molar-refractivity contribution in [3.8, 4) is 5.75 Å². The smallest absolute Gasteiger partial charge is 0.416 e. The van der Waals surface area contributed by atoms with E-state index in [9.17, 15) is 13.2 Å². The topological polar surface area (TPSA) is 21.6 Å². The molecule has 0 radical (unpaired) electrons. The first-order valence-corrected chi connectivity index (χ1v) is 5.56. The zero-order valence-electron chi connectivity index (χ0n) is 9.61. The molecule has 0 aliphatic carbocycles. The third-order valence-electron chi connectivity index (χ3n) is 2.78. The average Bonchev–Trinajstić information content (AvgIpc) is 2.55. The first-order chi connectivity index (χ1) is 9.04. The van der Waals surface area contributed by atoms with E-state index in [1.807, 2.05) is 6.07 Å². The van der Waals surface area contributed by atoms with Gasteiger partial charge < -0.3 is 4.74 Å². The molecule has 5 heteroatoms. The van der Waals surface area contributed by atoms with Crippen LogP contribution in [-0.2, 0) is 6.18 Å². The first kappa shape index (κ1) is 11.8. The summed E-state index contributed by atoms with van der Waals surface area (Å²) in [6.07, 6.45) is -2.90. The minimum Gasteiger partial charge on any atom is -0.462 e. The highest BCUT2D eigenvalue weighted by Gasteiger charge is 2.31. The van der Waals surface area contributed by atoms with Crippen LogP contribution >= 0.6 is 0 Å². The lowest BCUT2D eigenvalue weighted by molar-refractivity contribution is -0.137. The maximum atomic E-state index is 12.7. The molecule has 0 bridgehead atoms. The maximum Gasteiger partial charge on any atom is 0.416 e. The summed E-state index contributed by atoms with van der Waals surface area (Å²) in [5.74, 6) is 0.309. The summed E-state index contributed by atoms with van der Waals surface area (Å²) in [5, 5.41) is 1.31. The minimum absolute atomic E-state index is 0.177. The van der Waals surface area contributed by atoms with Gasteiger partial charge in [-0.25, -0.2) is 4.99 Å². The quantitative estimate of drug-likeness (QED) is 0.716. The predicted molar refractivity (Wildman–Crippen MR) is 63.4 cm³/mol. The van der Waals surface area contributed by atoms with E-state index in [0.29, 0.717) is 11.1 Å². The first-order valence-electron chi connectivity index (χ1n) is 5.56. The van der Waals surface area contributed by atoms with Crippen LogP contribution < -0.4 is 15.3 Å². The fraction of sp³-hybridized carbons (Fsp3) is 0.0714. The summed E-state index contributed by atoms with van der Waals surface area (Å²) in [6.45, 7) is 0. The molecule has 0 aromatic heterocycles. The van der Waals surface area contributed by atoms with Gasteiger partial charge in [-0.3, -0.25) is 0 Å². The van der Waals surface area contributed by atoms with Gasteiger partial charge in [0.05, 0.1) is 10.9 Å². The standard InChI is InChI=1S/C14H8F3NO/c15-14(16,17)10-5-6-13-12(7-10)18-11-4-2-1-3-9(11)8-19-13/h1-8H. The van der Waals surface area contributed by atoms with Gasteiger partial charge in [0.2, 0.25) is 0 Å². The minimum atomic E-state index is -4.39. The van der Waals surface area contributed by atoms with E-state index in [-0.39, 0.29) is 5.69 Å². The molecule has 1 aliphatic rings. The summed E-state index contributed by atoms with van der Waals surface area (Å²) in [7, 11) is 0. The molecule has 0 atom stereocenters. The van der Waals surface area contributed by atoms with Gasteiger partial charge in [0.1, 0.15) is 11.9 Å². The number of hydrogen-bond donors (Lipinski definition) is 0. The molecule has 1 aliphatic heterocycles. The Morgan fingerprint density at radius 1 is 1.00 bits per heavy atom. The van der Waals surface area contributed by atoms with Crippen molar-refractivity contribution < 1.29 is 17.9 Å². The summed E-state index contributed by atoms with van der Waals surface area (Å²) >= 11 is 0.